The first-order valence-corrected chi connectivity index (χ1v) is 10.1. The molecule has 1 N–H and O–H groups in total. The molecule has 0 unspecified atom stereocenters. The Balaban J connectivity index is 1.87. The molecule has 3 saturated carbocycles. The first kappa shape index (κ1) is 16.9. The number of ketones is 1. The minimum atomic E-state index is -0.645. The maximum absolute atomic E-state index is 12.3. The summed E-state index contributed by atoms with van der Waals surface area (Å²) < 4.78 is 0. The Bertz CT molecular complexity index is 508. The molecule has 0 radical (unpaired) electrons. The van der Waals surface area contributed by atoms with Crippen molar-refractivity contribution < 1.29 is 14.7 Å². The molecule has 7 atom stereocenters. The van der Waals surface area contributed by atoms with Gasteiger partial charge in [0.1, 0.15) is 0 Å². The Hall–Kier alpha value is 0.1000. The maximum Gasteiger partial charge on any atom is 0.309 e. The number of carbonyl (C=O) groups is 2. The van der Waals surface area contributed by atoms with Gasteiger partial charge in [0.2, 0.25) is 0 Å². The molecule has 124 valence electrons. The molecule has 0 aliphatic heterocycles. The van der Waals surface area contributed by atoms with Crippen LogP contribution in [0.4, 0.5) is 0 Å². The molecule has 0 aromatic heterocycles. The van der Waals surface area contributed by atoms with E-state index in [9.17, 15) is 14.7 Å². The van der Waals surface area contributed by atoms with Gasteiger partial charge in [-0.1, -0.05) is 38.8 Å². The van der Waals surface area contributed by atoms with E-state index >= 15 is 0 Å². The van der Waals surface area contributed by atoms with Gasteiger partial charge in [0.15, 0.2) is 5.78 Å². The van der Waals surface area contributed by atoms with Crippen LogP contribution in [0.5, 0.6) is 0 Å². The maximum atomic E-state index is 12.3. The minimum Gasteiger partial charge on any atom is -0.481 e. The number of hydrogen-bond donors (Lipinski definition) is 1. The number of aliphatic carboxylic acids is 1. The highest BCUT2D eigenvalue weighted by Gasteiger charge is 2.58. The topological polar surface area (TPSA) is 54.4 Å². The normalized spacial score (nSPS) is 51.8. The minimum absolute atomic E-state index is 0.0515. The molecule has 3 fully saturated rings. The number of alkyl halides is 2. The third-order valence-electron chi connectivity index (χ3n) is 6.90. The lowest BCUT2D eigenvalue weighted by molar-refractivity contribution is -0.156. The van der Waals surface area contributed by atoms with Gasteiger partial charge in [-0.05, 0) is 68.6 Å². The fourth-order valence-electron chi connectivity index (χ4n) is 5.54. The smallest absolute Gasteiger partial charge is 0.309 e. The summed E-state index contributed by atoms with van der Waals surface area (Å²) in [5.41, 5.74) is -0.421. The van der Waals surface area contributed by atoms with Crippen LogP contribution in [0.2, 0.25) is 0 Å². The zero-order valence-corrected chi connectivity index (χ0v) is 16.3. The van der Waals surface area contributed by atoms with Gasteiger partial charge in [0, 0.05) is 0 Å². The number of fused-ring (bicyclic) bond motifs is 3. The molecule has 0 bridgehead atoms. The fraction of sp³-hybridized carbons (Fsp3) is 0.882. The number of carboxylic acid groups (broad SMARTS) is 1. The van der Waals surface area contributed by atoms with Gasteiger partial charge in [-0.25, -0.2) is 0 Å². The third kappa shape index (κ3) is 2.42. The van der Waals surface area contributed by atoms with Crippen molar-refractivity contribution in [3.63, 3.8) is 0 Å². The van der Waals surface area contributed by atoms with Crippen LogP contribution < -0.4 is 0 Å². The van der Waals surface area contributed by atoms with Gasteiger partial charge in [-0.3, -0.25) is 9.59 Å². The predicted octanol–water partition coefficient (Wildman–Crippen LogP) is 4.41. The molecule has 22 heavy (non-hydrogen) atoms. The van der Waals surface area contributed by atoms with E-state index in [0.29, 0.717) is 17.8 Å². The standard InChI is InChI=1S/C17H24Br2O3/c1-16(15(21)22)6-5-10-9(7-16)3-4-11-13(19)14(20)12(18)8-17(10,11)2/h9-13H,3-8H2,1-2H3,(H,21,22)/t9-,10-,11-,12+,13-,16-,17+/m0/s1. The lowest BCUT2D eigenvalue weighted by atomic mass is 9.47. The van der Waals surface area contributed by atoms with Gasteiger partial charge in [-0.2, -0.15) is 0 Å². The Morgan fingerprint density at radius 2 is 1.82 bits per heavy atom. The number of halogens is 2. The Morgan fingerprint density at radius 3 is 2.45 bits per heavy atom. The molecule has 3 nitrogen and oxygen atoms in total. The Kier molecular flexibility index (Phi) is 4.29. The molecule has 0 aromatic rings. The average Bonchev–Trinajstić information content (AvgIpc) is 2.44. The SMILES string of the molecule is C[C@]1(C(=O)O)CC[C@H]2[C@@H](CC[C@H]3[C@H](Br)C(=O)[C@H](Br)C[C@]23C)C1. The van der Waals surface area contributed by atoms with Crippen molar-refractivity contribution in [2.75, 3.05) is 0 Å². The van der Waals surface area contributed by atoms with Crippen LogP contribution in [0.1, 0.15) is 52.4 Å². The van der Waals surface area contributed by atoms with Crippen molar-refractivity contribution in [2.45, 2.75) is 62.0 Å². The van der Waals surface area contributed by atoms with Crippen LogP contribution in [0.3, 0.4) is 0 Å². The summed E-state index contributed by atoms with van der Waals surface area (Å²) in [5.74, 6) is 1.07. The molecule has 5 heteroatoms. The van der Waals surface area contributed by atoms with E-state index in [1.54, 1.807) is 0 Å². The van der Waals surface area contributed by atoms with E-state index in [1.165, 1.54) is 0 Å². The summed E-state index contributed by atoms with van der Waals surface area (Å²) in [4.78, 5) is 23.8. The van der Waals surface area contributed by atoms with Crippen LogP contribution in [0.15, 0.2) is 0 Å². The predicted molar refractivity (Wildman–Crippen MR) is 92.5 cm³/mol. The third-order valence-corrected chi connectivity index (χ3v) is 8.76. The summed E-state index contributed by atoms with van der Waals surface area (Å²) in [5, 5.41) is 9.54. The Labute approximate surface area is 148 Å². The number of Topliss-reactive ketones (excluding diaryl/α,β-unsaturated/α-hetero) is 1. The summed E-state index contributed by atoms with van der Waals surface area (Å²) in [7, 11) is 0. The van der Waals surface area contributed by atoms with Crippen molar-refractivity contribution >= 4 is 43.6 Å². The largest absolute Gasteiger partial charge is 0.481 e. The summed E-state index contributed by atoms with van der Waals surface area (Å²) >= 11 is 7.24. The zero-order chi connectivity index (χ0) is 16.3. The van der Waals surface area contributed by atoms with E-state index in [-0.39, 0.29) is 20.9 Å². The summed E-state index contributed by atoms with van der Waals surface area (Å²) in [6.07, 6.45) is 5.53. The van der Waals surface area contributed by atoms with E-state index in [1.807, 2.05) is 6.92 Å². The quantitative estimate of drug-likeness (QED) is 0.620. The molecule has 3 rings (SSSR count). The number of hydrogen-bond acceptors (Lipinski definition) is 2. The second kappa shape index (κ2) is 5.58. The van der Waals surface area contributed by atoms with Gasteiger partial charge in [0.25, 0.3) is 0 Å². The van der Waals surface area contributed by atoms with E-state index in [2.05, 4.69) is 38.8 Å². The highest BCUT2D eigenvalue weighted by molar-refractivity contribution is 9.10. The highest BCUT2D eigenvalue weighted by atomic mass is 79.9. The lowest BCUT2D eigenvalue weighted by Gasteiger charge is -2.58. The van der Waals surface area contributed by atoms with Crippen LogP contribution >= 0.6 is 31.9 Å². The monoisotopic (exact) mass is 434 g/mol. The second-order valence-electron chi connectivity index (χ2n) is 8.14. The van der Waals surface area contributed by atoms with Crippen LogP contribution in [0, 0.1) is 28.6 Å². The van der Waals surface area contributed by atoms with E-state index in [4.69, 9.17) is 0 Å². The summed E-state index contributed by atoms with van der Waals surface area (Å²) in [6.45, 7) is 4.25. The second-order valence-corrected chi connectivity index (χ2v) is 10.2. The number of carbonyl (C=O) groups excluding carboxylic acids is 1. The first-order valence-electron chi connectivity index (χ1n) is 8.24. The molecule has 0 spiro atoms. The van der Waals surface area contributed by atoms with E-state index in [0.717, 1.165) is 38.5 Å². The molecule has 0 amide bonds. The van der Waals surface area contributed by atoms with Crippen molar-refractivity contribution in [1.29, 1.82) is 0 Å². The zero-order valence-electron chi connectivity index (χ0n) is 13.1. The van der Waals surface area contributed by atoms with Crippen molar-refractivity contribution in [3.8, 4) is 0 Å². The van der Waals surface area contributed by atoms with Crippen LogP contribution in [0.25, 0.3) is 0 Å². The van der Waals surface area contributed by atoms with Crippen molar-refractivity contribution in [3.05, 3.63) is 0 Å². The van der Waals surface area contributed by atoms with Gasteiger partial charge >= 0.3 is 5.97 Å². The van der Waals surface area contributed by atoms with Crippen molar-refractivity contribution in [2.24, 2.45) is 28.6 Å². The average molecular weight is 436 g/mol. The summed E-state index contributed by atoms with van der Waals surface area (Å²) in [6, 6.07) is 0. The molecule has 0 heterocycles. The first-order chi connectivity index (χ1) is 10.2. The van der Waals surface area contributed by atoms with Crippen LogP contribution in [-0.2, 0) is 9.59 Å². The van der Waals surface area contributed by atoms with Crippen molar-refractivity contribution in [1.82, 2.24) is 0 Å². The van der Waals surface area contributed by atoms with E-state index < -0.39 is 11.4 Å². The molecule has 3 aliphatic rings. The Morgan fingerprint density at radius 1 is 1.14 bits per heavy atom. The highest BCUT2D eigenvalue weighted by Crippen LogP contribution is 2.62. The number of carboxylic acids is 1. The van der Waals surface area contributed by atoms with Gasteiger partial charge in [0.05, 0.1) is 15.1 Å². The molecule has 0 aromatic carbocycles. The molecular formula is C17H24Br2O3. The molecular weight excluding hydrogens is 412 g/mol. The van der Waals surface area contributed by atoms with Gasteiger partial charge < -0.3 is 5.11 Å². The van der Waals surface area contributed by atoms with Gasteiger partial charge in [-0.15, -0.1) is 0 Å². The fourth-order valence-corrected chi connectivity index (χ4v) is 8.06. The molecule has 3 aliphatic carbocycles. The number of rotatable bonds is 1. The van der Waals surface area contributed by atoms with Crippen LogP contribution in [-0.4, -0.2) is 26.5 Å². The molecule has 0 saturated heterocycles. The lowest BCUT2D eigenvalue weighted by Crippen LogP contribution is -2.57.